The van der Waals surface area contributed by atoms with Crippen molar-refractivity contribution in [2.75, 3.05) is 0 Å². The van der Waals surface area contributed by atoms with Gasteiger partial charge in [-0.25, -0.2) is 4.79 Å². The third-order valence-corrected chi connectivity index (χ3v) is 2.85. The molecule has 0 heterocycles. The van der Waals surface area contributed by atoms with Crippen molar-refractivity contribution in [2.24, 2.45) is 0 Å². The fourth-order valence-corrected chi connectivity index (χ4v) is 1.79. The highest BCUT2D eigenvalue weighted by Gasteiger charge is 2.15. The molecule has 0 aliphatic carbocycles. The first-order valence-electron chi connectivity index (χ1n) is 6.31. The molecule has 0 aromatic heterocycles. The summed E-state index contributed by atoms with van der Waals surface area (Å²) in [6.07, 6.45) is -1.43. The van der Waals surface area contributed by atoms with E-state index in [9.17, 15) is 14.7 Å². The van der Waals surface area contributed by atoms with Crippen molar-refractivity contribution in [1.29, 1.82) is 0 Å². The van der Waals surface area contributed by atoms with Crippen LogP contribution in [-0.2, 0) is 16.0 Å². The molecule has 1 unspecified atom stereocenters. The minimum atomic E-state index is -1.58. The summed E-state index contributed by atoms with van der Waals surface area (Å²) in [5.41, 5.74) is 1.07. The first-order valence-corrected chi connectivity index (χ1v) is 6.31. The summed E-state index contributed by atoms with van der Waals surface area (Å²) in [4.78, 5) is 22.4. The van der Waals surface area contributed by atoms with Gasteiger partial charge in [-0.1, -0.05) is 42.5 Å². The van der Waals surface area contributed by atoms with Gasteiger partial charge in [0, 0.05) is 0 Å². The average molecular weight is 286 g/mol. The molecule has 2 aromatic carbocycles. The number of carboxylic acid groups (broad SMARTS) is 1. The van der Waals surface area contributed by atoms with E-state index < -0.39 is 18.0 Å². The smallest absolute Gasteiger partial charge is 0.337 e. The monoisotopic (exact) mass is 286 g/mol. The topological polar surface area (TPSA) is 83.8 Å². The lowest BCUT2D eigenvalue weighted by molar-refractivity contribution is -0.147. The van der Waals surface area contributed by atoms with Crippen LogP contribution in [0.4, 0.5) is 0 Å². The van der Waals surface area contributed by atoms with Gasteiger partial charge in [0.2, 0.25) is 0 Å². The van der Waals surface area contributed by atoms with Crippen LogP contribution in [0.1, 0.15) is 17.2 Å². The van der Waals surface area contributed by atoms with E-state index >= 15 is 0 Å². The molecule has 0 spiro atoms. The molecule has 2 rings (SSSR count). The Labute approximate surface area is 121 Å². The summed E-state index contributed by atoms with van der Waals surface area (Å²) < 4.78 is 5.15. The number of benzene rings is 2. The van der Waals surface area contributed by atoms with Crippen LogP contribution in [0.3, 0.4) is 0 Å². The normalized spacial score (nSPS) is 11.7. The van der Waals surface area contributed by atoms with Crippen LogP contribution >= 0.6 is 0 Å². The lowest BCUT2D eigenvalue weighted by Gasteiger charge is -2.08. The highest BCUT2D eigenvalue weighted by Crippen LogP contribution is 2.18. The van der Waals surface area contributed by atoms with E-state index in [1.807, 2.05) is 30.3 Å². The number of hydrogen-bond acceptors (Lipinski definition) is 4. The molecule has 0 saturated heterocycles. The quantitative estimate of drug-likeness (QED) is 0.648. The van der Waals surface area contributed by atoms with Crippen LogP contribution in [0.5, 0.6) is 5.75 Å². The summed E-state index contributed by atoms with van der Waals surface area (Å²) >= 11 is 0. The lowest BCUT2D eigenvalue weighted by atomic mass is 10.1. The maximum absolute atomic E-state index is 11.7. The number of aliphatic carboxylic acids is 1. The lowest BCUT2D eigenvalue weighted by Crippen LogP contribution is -2.12. The van der Waals surface area contributed by atoms with Crippen LogP contribution in [0.25, 0.3) is 0 Å². The van der Waals surface area contributed by atoms with Crippen molar-refractivity contribution >= 4 is 11.9 Å². The molecule has 5 nitrogen and oxygen atoms in total. The first kappa shape index (κ1) is 14.7. The Morgan fingerprint density at radius 2 is 1.62 bits per heavy atom. The van der Waals surface area contributed by atoms with Gasteiger partial charge in [0.05, 0.1) is 6.42 Å². The molecule has 0 radical (unpaired) electrons. The third kappa shape index (κ3) is 4.15. The molecule has 5 heteroatoms. The van der Waals surface area contributed by atoms with Gasteiger partial charge in [-0.05, 0) is 23.3 Å². The molecule has 0 bridgehead atoms. The second-order valence-electron chi connectivity index (χ2n) is 4.45. The molecule has 2 N–H and O–H groups in total. The molecular formula is C16H14O5. The number of ether oxygens (including phenoxy) is 1. The Morgan fingerprint density at radius 1 is 1.00 bits per heavy atom. The van der Waals surface area contributed by atoms with Crippen molar-refractivity contribution < 1.29 is 24.5 Å². The molecule has 108 valence electrons. The van der Waals surface area contributed by atoms with Crippen molar-refractivity contribution in [3.8, 4) is 5.75 Å². The molecule has 21 heavy (non-hydrogen) atoms. The summed E-state index contributed by atoms with van der Waals surface area (Å²) in [7, 11) is 0. The molecule has 0 aliphatic heterocycles. The maximum Gasteiger partial charge on any atom is 0.337 e. The van der Waals surface area contributed by atoms with Gasteiger partial charge in [0.1, 0.15) is 5.75 Å². The Hall–Kier alpha value is -2.66. The summed E-state index contributed by atoms with van der Waals surface area (Å²) in [6.45, 7) is 0. The van der Waals surface area contributed by atoms with Crippen molar-refractivity contribution in [3.63, 3.8) is 0 Å². The van der Waals surface area contributed by atoms with E-state index in [-0.39, 0.29) is 12.0 Å². The number of aliphatic hydroxyl groups excluding tert-OH is 1. The fourth-order valence-electron chi connectivity index (χ4n) is 1.79. The number of carbonyl (C=O) groups excluding carboxylic acids is 1. The van der Waals surface area contributed by atoms with E-state index in [0.29, 0.717) is 5.75 Å². The molecule has 0 saturated carbocycles. The van der Waals surface area contributed by atoms with Gasteiger partial charge < -0.3 is 14.9 Å². The van der Waals surface area contributed by atoms with E-state index in [4.69, 9.17) is 9.84 Å². The van der Waals surface area contributed by atoms with Crippen molar-refractivity contribution in [1.82, 2.24) is 0 Å². The number of aliphatic hydroxyl groups is 1. The van der Waals surface area contributed by atoms with Crippen LogP contribution < -0.4 is 4.74 Å². The zero-order valence-corrected chi connectivity index (χ0v) is 11.1. The van der Waals surface area contributed by atoms with Crippen molar-refractivity contribution in [2.45, 2.75) is 12.5 Å². The average Bonchev–Trinajstić information content (AvgIpc) is 2.48. The zero-order valence-electron chi connectivity index (χ0n) is 11.1. The minimum Gasteiger partial charge on any atom is -0.479 e. The van der Waals surface area contributed by atoms with Gasteiger partial charge in [0.25, 0.3) is 0 Å². The van der Waals surface area contributed by atoms with Gasteiger partial charge in [0.15, 0.2) is 6.10 Å². The molecule has 0 fully saturated rings. The summed E-state index contributed by atoms with van der Waals surface area (Å²) in [5.74, 6) is -1.44. The summed E-state index contributed by atoms with van der Waals surface area (Å²) in [5, 5.41) is 18.0. The standard InChI is InChI=1S/C16H14O5/c17-14(10-11-4-2-1-3-5-11)21-13-8-6-12(7-9-13)15(18)16(19)20/h1-9,15,18H,10H2,(H,19,20). The number of hydrogen-bond donors (Lipinski definition) is 2. The van der Waals surface area contributed by atoms with E-state index in [1.54, 1.807) is 0 Å². The van der Waals surface area contributed by atoms with Gasteiger partial charge in [-0.2, -0.15) is 0 Å². The van der Waals surface area contributed by atoms with Crippen LogP contribution in [0, 0.1) is 0 Å². The van der Waals surface area contributed by atoms with Gasteiger partial charge >= 0.3 is 11.9 Å². The van der Waals surface area contributed by atoms with E-state index in [2.05, 4.69) is 0 Å². The number of carbonyl (C=O) groups is 2. The minimum absolute atomic E-state index is 0.153. The van der Waals surface area contributed by atoms with Gasteiger partial charge in [-0.15, -0.1) is 0 Å². The number of esters is 1. The molecular weight excluding hydrogens is 272 g/mol. The van der Waals surface area contributed by atoms with Crippen molar-refractivity contribution in [3.05, 3.63) is 65.7 Å². The number of carboxylic acids is 1. The fraction of sp³-hybridized carbons (Fsp3) is 0.125. The molecule has 0 amide bonds. The van der Waals surface area contributed by atoms with Crippen LogP contribution in [0.15, 0.2) is 54.6 Å². The Balaban J connectivity index is 1.97. The Morgan fingerprint density at radius 3 is 2.19 bits per heavy atom. The Kier molecular flexibility index (Phi) is 4.68. The van der Waals surface area contributed by atoms with Crippen LogP contribution in [0.2, 0.25) is 0 Å². The second kappa shape index (κ2) is 6.67. The second-order valence-corrected chi connectivity index (χ2v) is 4.45. The highest BCUT2D eigenvalue weighted by molar-refractivity contribution is 5.76. The Bertz CT molecular complexity index is 619. The van der Waals surface area contributed by atoms with Gasteiger partial charge in [-0.3, -0.25) is 4.79 Å². The zero-order chi connectivity index (χ0) is 15.2. The maximum atomic E-state index is 11.7. The highest BCUT2D eigenvalue weighted by atomic mass is 16.5. The van der Waals surface area contributed by atoms with E-state index in [1.165, 1.54) is 24.3 Å². The van der Waals surface area contributed by atoms with Crippen LogP contribution in [-0.4, -0.2) is 22.2 Å². The summed E-state index contributed by atoms with van der Waals surface area (Å²) in [6, 6.07) is 14.9. The van der Waals surface area contributed by atoms with E-state index in [0.717, 1.165) is 5.56 Å². The third-order valence-electron chi connectivity index (χ3n) is 2.85. The predicted molar refractivity (Wildman–Crippen MR) is 74.8 cm³/mol. The molecule has 0 aliphatic rings. The number of rotatable bonds is 5. The first-order chi connectivity index (χ1) is 10.1. The predicted octanol–water partition coefficient (Wildman–Crippen LogP) is 1.95. The SMILES string of the molecule is O=C(Cc1ccccc1)Oc1ccc(C(O)C(=O)O)cc1. The molecule has 1 atom stereocenters. The largest absolute Gasteiger partial charge is 0.479 e. The molecule has 2 aromatic rings.